The Morgan fingerprint density at radius 1 is 0.909 bits per heavy atom. The molecule has 3 rings (SSSR count). The van der Waals surface area contributed by atoms with E-state index in [0.29, 0.717) is 12.3 Å². The summed E-state index contributed by atoms with van der Waals surface area (Å²) in [5, 5.41) is 10.0. The van der Waals surface area contributed by atoms with Gasteiger partial charge >= 0.3 is 0 Å². The molecule has 0 amide bonds. The largest absolute Gasteiger partial charge is 0.508 e. The molecule has 22 heavy (non-hydrogen) atoms. The van der Waals surface area contributed by atoms with Gasteiger partial charge in [-0.2, -0.15) is 0 Å². The first kappa shape index (κ1) is 14.4. The predicted molar refractivity (Wildman–Crippen MR) is 86.1 cm³/mol. The van der Waals surface area contributed by atoms with Crippen molar-refractivity contribution < 1.29 is 5.11 Å². The van der Waals surface area contributed by atoms with Gasteiger partial charge in [-0.05, 0) is 30.3 Å². The molecule has 0 saturated heterocycles. The van der Waals surface area contributed by atoms with Crippen molar-refractivity contribution in [2.24, 2.45) is 0 Å². The molecule has 0 fully saturated rings. The molecule has 0 atom stereocenters. The summed E-state index contributed by atoms with van der Waals surface area (Å²) in [5.41, 5.74) is 3.08. The van der Waals surface area contributed by atoms with Crippen LogP contribution >= 0.6 is 0 Å². The molecule has 0 saturated carbocycles. The van der Waals surface area contributed by atoms with Crippen LogP contribution in [-0.2, 0) is 19.6 Å². The maximum Gasteiger partial charge on any atom is 0.120 e. The molecule has 0 aliphatic heterocycles. The number of benzene rings is 1. The van der Waals surface area contributed by atoms with Gasteiger partial charge in [-0.15, -0.1) is 0 Å². The van der Waals surface area contributed by atoms with Crippen LogP contribution in [0.2, 0.25) is 0 Å². The fourth-order valence-corrected chi connectivity index (χ4v) is 2.48. The summed E-state index contributed by atoms with van der Waals surface area (Å²) in [5.74, 6) is 0.333. The van der Waals surface area contributed by atoms with Crippen LogP contribution in [0.3, 0.4) is 0 Å². The van der Waals surface area contributed by atoms with Gasteiger partial charge < -0.3 is 10.1 Å². The fraction of sp³-hybridized carbons (Fsp3) is 0.167. The highest BCUT2D eigenvalue weighted by Gasteiger charge is 2.11. The number of aromatic amines is 1. The second-order valence-electron chi connectivity index (χ2n) is 5.29. The predicted octanol–water partition coefficient (Wildman–Crippen LogP) is 3.32. The van der Waals surface area contributed by atoms with E-state index in [4.69, 9.17) is 0 Å². The van der Waals surface area contributed by atoms with E-state index in [1.165, 1.54) is 0 Å². The third-order valence-corrected chi connectivity index (χ3v) is 3.55. The normalized spacial score (nSPS) is 11.0. The Labute approximate surface area is 130 Å². The Hall–Kier alpha value is -2.59. The molecule has 2 heterocycles. The number of nitrogens with one attached hydrogen (secondary N) is 1. The van der Waals surface area contributed by atoms with Gasteiger partial charge in [0.15, 0.2) is 0 Å². The summed E-state index contributed by atoms with van der Waals surface area (Å²) in [4.78, 5) is 9.88. The summed E-state index contributed by atoms with van der Waals surface area (Å²) in [6.07, 6.45) is 3.73. The number of aromatic hydroxyl groups is 1. The minimum Gasteiger partial charge on any atom is -0.508 e. The first-order valence-electron chi connectivity index (χ1n) is 7.32. The van der Waals surface area contributed by atoms with Gasteiger partial charge in [0, 0.05) is 43.3 Å². The highest BCUT2D eigenvalue weighted by atomic mass is 16.3. The van der Waals surface area contributed by atoms with E-state index in [9.17, 15) is 5.11 Å². The Morgan fingerprint density at radius 3 is 2.50 bits per heavy atom. The highest BCUT2D eigenvalue weighted by Crippen LogP contribution is 2.20. The lowest BCUT2D eigenvalue weighted by molar-refractivity contribution is 0.239. The number of para-hydroxylation sites is 1. The fourth-order valence-electron chi connectivity index (χ4n) is 2.48. The van der Waals surface area contributed by atoms with E-state index in [1.807, 2.05) is 54.9 Å². The summed E-state index contributed by atoms with van der Waals surface area (Å²) in [6.45, 7) is 2.17. The standard InChI is InChI=1S/C18H19N3O/c22-18-9-2-1-6-15(18)12-21(14-17-8-5-11-20-17)13-16-7-3-4-10-19-16/h1-11,20,22H,12-14H2. The average molecular weight is 293 g/mol. The summed E-state index contributed by atoms with van der Waals surface area (Å²) >= 11 is 0. The second-order valence-corrected chi connectivity index (χ2v) is 5.29. The van der Waals surface area contributed by atoms with Crippen molar-refractivity contribution >= 4 is 0 Å². The van der Waals surface area contributed by atoms with Gasteiger partial charge in [-0.3, -0.25) is 9.88 Å². The molecule has 0 bridgehead atoms. The minimum absolute atomic E-state index is 0.333. The molecular weight excluding hydrogens is 274 g/mol. The smallest absolute Gasteiger partial charge is 0.120 e. The number of hydrogen-bond donors (Lipinski definition) is 2. The number of phenolic OH excluding ortho intramolecular Hbond substituents is 1. The zero-order valence-corrected chi connectivity index (χ0v) is 12.3. The van der Waals surface area contributed by atoms with Crippen LogP contribution in [0.5, 0.6) is 5.75 Å². The zero-order chi connectivity index (χ0) is 15.2. The van der Waals surface area contributed by atoms with Crippen molar-refractivity contribution in [1.82, 2.24) is 14.9 Å². The van der Waals surface area contributed by atoms with Crippen molar-refractivity contribution in [3.05, 3.63) is 83.9 Å². The molecule has 4 heteroatoms. The Morgan fingerprint density at radius 2 is 1.77 bits per heavy atom. The number of hydrogen-bond acceptors (Lipinski definition) is 3. The lowest BCUT2D eigenvalue weighted by Crippen LogP contribution is -2.23. The van der Waals surface area contributed by atoms with E-state index in [0.717, 1.165) is 30.0 Å². The minimum atomic E-state index is 0.333. The molecule has 2 N–H and O–H groups in total. The topological polar surface area (TPSA) is 52.1 Å². The van der Waals surface area contributed by atoms with Crippen LogP contribution in [0, 0.1) is 0 Å². The molecular formula is C18H19N3O. The number of phenols is 1. The van der Waals surface area contributed by atoms with Crippen LogP contribution < -0.4 is 0 Å². The summed E-state index contributed by atoms with van der Waals surface area (Å²) < 4.78 is 0. The molecule has 2 aromatic heterocycles. The Bertz CT molecular complexity index is 695. The molecule has 1 aromatic carbocycles. The van der Waals surface area contributed by atoms with E-state index in [-0.39, 0.29) is 0 Å². The number of pyridine rings is 1. The summed E-state index contributed by atoms with van der Waals surface area (Å²) in [7, 11) is 0. The van der Waals surface area contributed by atoms with E-state index in [2.05, 4.69) is 20.9 Å². The van der Waals surface area contributed by atoms with Gasteiger partial charge in [-0.1, -0.05) is 24.3 Å². The van der Waals surface area contributed by atoms with E-state index in [1.54, 1.807) is 6.07 Å². The van der Waals surface area contributed by atoms with Crippen molar-refractivity contribution in [2.75, 3.05) is 0 Å². The molecule has 0 spiro atoms. The van der Waals surface area contributed by atoms with Gasteiger partial charge in [0.2, 0.25) is 0 Å². The molecule has 3 aromatic rings. The molecule has 112 valence electrons. The Balaban J connectivity index is 1.78. The van der Waals surface area contributed by atoms with E-state index < -0.39 is 0 Å². The van der Waals surface area contributed by atoms with Crippen LogP contribution in [0.1, 0.15) is 17.0 Å². The van der Waals surface area contributed by atoms with Gasteiger partial charge in [0.25, 0.3) is 0 Å². The lowest BCUT2D eigenvalue weighted by Gasteiger charge is -2.22. The summed E-state index contributed by atoms with van der Waals surface area (Å²) in [6, 6.07) is 17.5. The zero-order valence-electron chi connectivity index (χ0n) is 12.3. The first-order valence-corrected chi connectivity index (χ1v) is 7.32. The van der Waals surface area contributed by atoms with E-state index >= 15 is 0 Å². The maximum atomic E-state index is 10.0. The molecule has 4 nitrogen and oxygen atoms in total. The number of rotatable bonds is 6. The van der Waals surface area contributed by atoms with Crippen LogP contribution in [-0.4, -0.2) is 20.0 Å². The maximum absolute atomic E-state index is 10.0. The van der Waals surface area contributed by atoms with Crippen molar-refractivity contribution in [2.45, 2.75) is 19.6 Å². The molecule has 0 aliphatic rings. The highest BCUT2D eigenvalue weighted by molar-refractivity contribution is 5.31. The van der Waals surface area contributed by atoms with Crippen LogP contribution in [0.25, 0.3) is 0 Å². The second kappa shape index (κ2) is 6.91. The quantitative estimate of drug-likeness (QED) is 0.733. The van der Waals surface area contributed by atoms with Gasteiger partial charge in [-0.25, -0.2) is 0 Å². The SMILES string of the molecule is Oc1ccccc1CN(Cc1ccccn1)Cc1ccc[nH]1. The van der Waals surface area contributed by atoms with Crippen molar-refractivity contribution in [1.29, 1.82) is 0 Å². The third-order valence-electron chi connectivity index (χ3n) is 3.55. The lowest BCUT2D eigenvalue weighted by atomic mass is 10.1. The number of aromatic nitrogens is 2. The van der Waals surface area contributed by atoms with Crippen LogP contribution in [0.15, 0.2) is 67.0 Å². The third kappa shape index (κ3) is 3.74. The van der Waals surface area contributed by atoms with Gasteiger partial charge in [0.05, 0.1) is 5.69 Å². The van der Waals surface area contributed by atoms with Crippen molar-refractivity contribution in [3.8, 4) is 5.75 Å². The monoisotopic (exact) mass is 293 g/mol. The van der Waals surface area contributed by atoms with Crippen LogP contribution in [0.4, 0.5) is 0 Å². The Kier molecular flexibility index (Phi) is 4.51. The number of nitrogens with zero attached hydrogens (tertiary/aromatic N) is 2. The number of H-pyrrole nitrogens is 1. The molecule has 0 aliphatic carbocycles. The first-order chi connectivity index (χ1) is 10.8. The average Bonchev–Trinajstić information content (AvgIpc) is 3.03. The van der Waals surface area contributed by atoms with Gasteiger partial charge in [0.1, 0.15) is 5.75 Å². The van der Waals surface area contributed by atoms with Crippen molar-refractivity contribution in [3.63, 3.8) is 0 Å². The molecule has 0 unspecified atom stereocenters. The molecule has 0 radical (unpaired) electrons.